The standard InChI is InChI=1S/C13H13N3O2.ClH/c1-18-13-9-11(7-8-12(13)16-17)15-14-10-5-3-2-4-6-10;/h2-9,14-15H,1H3;1H. The Morgan fingerprint density at radius 1 is 1.00 bits per heavy atom. The molecule has 0 aliphatic rings. The van der Waals surface area contributed by atoms with E-state index < -0.39 is 0 Å². The summed E-state index contributed by atoms with van der Waals surface area (Å²) in [4.78, 5) is 10.5. The van der Waals surface area contributed by atoms with Crippen molar-refractivity contribution in [3.8, 4) is 5.75 Å². The molecule has 5 nitrogen and oxygen atoms in total. The lowest BCUT2D eigenvalue weighted by molar-refractivity contribution is 0.416. The van der Waals surface area contributed by atoms with Crippen molar-refractivity contribution >= 4 is 29.5 Å². The third kappa shape index (κ3) is 3.86. The van der Waals surface area contributed by atoms with Crippen LogP contribution >= 0.6 is 12.4 Å². The summed E-state index contributed by atoms with van der Waals surface area (Å²) >= 11 is 0. The molecule has 0 radical (unpaired) electrons. The Kier molecular flexibility index (Phi) is 5.63. The molecule has 0 fully saturated rings. The maximum absolute atomic E-state index is 10.5. The van der Waals surface area contributed by atoms with Gasteiger partial charge in [0.05, 0.1) is 18.5 Å². The lowest BCUT2D eigenvalue weighted by atomic mass is 10.2. The topological polar surface area (TPSA) is 62.7 Å². The number of methoxy groups -OCH3 is 1. The van der Waals surface area contributed by atoms with Crippen molar-refractivity contribution in [1.29, 1.82) is 0 Å². The van der Waals surface area contributed by atoms with Gasteiger partial charge in [-0.3, -0.25) is 0 Å². The largest absolute Gasteiger partial charge is 0.494 e. The van der Waals surface area contributed by atoms with Gasteiger partial charge in [-0.1, -0.05) is 18.2 Å². The number of nitrogens with zero attached hydrogens (tertiary/aromatic N) is 1. The molecule has 2 aromatic carbocycles. The van der Waals surface area contributed by atoms with Crippen molar-refractivity contribution in [2.75, 3.05) is 18.0 Å². The minimum absolute atomic E-state index is 0. The Labute approximate surface area is 117 Å². The van der Waals surface area contributed by atoms with E-state index in [-0.39, 0.29) is 18.1 Å². The first-order chi connectivity index (χ1) is 8.83. The van der Waals surface area contributed by atoms with Crippen LogP contribution in [0.25, 0.3) is 0 Å². The van der Waals surface area contributed by atoms with Gasteiger partial charge in [0.15, 0.2) is 0 Å². The predicted molar refractivity (Wildman–Crippen MR) is 79.4 cm³/mol. The molecular formula is C13H14ClN3O2. The van der Waals surface area contributed by atoms with E-state index in [0.29, 0.717) is 5.75 Å². The van der Waals surface area contributed by atoms with Crippen molar-refractivity contribution in [3.63, 3.8) is 0 Å². The van der Waals surface area contributed by atoms with Crippen LogP contribution in [0.1, 0.15) is 0 Å². The van der Waals surface area contributed by atoms with Crippen molar-refractivity contribution in [3.05, 3.63) is 53.4 Å². The predicted octanol–water partition coefficient (Wildman–Crippen LogP) is 3.95. The number of anilines is 2. The number of rotatable bonds is 5. The number of para-hydroxylation sites is 1. The summed E-state index contributed by atoms with van der Waals surface area (Å²) in [6, 6.07) is 14.7. The molecule has 0 bridgehead atoms. The van der Waals surface area contributed by atoms with Crippen molar-refractivity contribution in [2.24, 2.45) is 5.18 Å². The average Bonchev–Trinajstić information content (AvgIpc) is 2.45. The Morgan fingerprint density at radius 3 is 2.32 bits per heavy atom. The molecule has 100 valence electrons. The smallest absolute Gasteiger partial charge is 0.150 e. The lowest BCUT2D eigenvalue weighted by Gasteiger charge is -2.11. The second-order valence-corrected chi connectivity index (χ2v) is 3.59. The summed E-state index contributed by atoms with van der Waals surface area (Å²) in [5.74, 6) is 0.435. The summed E-state index contributed by atoms with van der Waals surface area (Å²) < 4.78 is 5.07. The first-order valence-electron chi connectivity index (χ1n) is 5.42. The number of benzene rings is 2. The number of hydrazine groups is 1. The average molecular weight is 280 g/mol. The Hall–Kier alpha value is -2.27. The molecule has 0 aromatic heterocycles. The number of ether oxygens (including phenoxy) is 1. The van der Waals surface area contributed by atoms with Crippen LogP contribution in [0.3, 0.4) is 0 Å². The highest BCUT2D eigenvalue weighted by Crippen LogP contribution is 2.30. The molecule has 0 saturated carbocycles. The zero-order chi connectivity index (χ0) is 12.8. The maximum atomic E-state index is 10.5. The normalized spacial score (nSPS) is 9.11. The van der Waals surface area contributed by atoms with Gasteiger partial charge in [-0.05, 0) is 29.4 Å². The van der Waals surface area contributed by atoms with Gasteiger partial charge in [0, 0.05) is 6.07 Å². The van der Waals surface area contributed by atoms with Crippen LogP contribution in [0.15, 0.2) is 53.7 Å². The van der Waals surface area contributed by atoms with Crippen LogP contribution in [0.2, 0.25) is 0 Å². The summed E-state index contributed by atoms with van der Waals surface area (Å²) in [7, 11) is 1.50. The minimum atomic E-state index is 0. The molecule has 0 aliphatic carbocycles. The Balaban J connectivity index is 0.00000180. The second-order valence-electron chi connectivity index (χ2n) is 3.59. The molecular weight excluding hydrogens is 266 g/mol. The third-order valence-corrected chi connectivity index (χ3v) is 2.40. The van der Waals surface area contributed by atoms with E-state index in [1.807, 2.05) is 30.3 Å². The number of hydrogen-bond acceptors (Lipinski definition) is 5. The van der Waals surface area contributed by atoms with E-state index >= 15 is 0 Å². The molecule has 0 unspecified atom stereocenters. The molecule has 6 heteroatoms. The molecule has 2 rings (SSSR count). The summed E-state index contributed by atoms with van der Waals surface area (Å²) in [6.07, 6.45) is 0. The van der Waals surface area contributed by atoms with E-state index in [4.69, 9.17) is 4.74 Å². The van der Waals surface area contributed by atoms with E-state index in [2.05, 4.69) is 16.0 Å². The molecule has 0 atom stereocenters. The van der Waals surface area contributed by atoms with E-state index in [1.54, 1.807) is 18.2 Å². The van der Waals surface area contributed by atoms with Gasteiger partial charge in [-0.15, -0.1) is 17.3 Å². The maximum Gasteiger partial charge on any atom is 0.150 e. The molecule has 0 aliphatic heterocycles. The summed E-state index contributed by atoms with van der Waals surface area (Å²) in [6.45, 7) is 0. The first kappa shape index (κ1) is 14.8. The van der Waals surface area contributed by atoms with Gasteiger partial charge in [-0.2, -0.15) is 0 Å². The Morgan fingerprint density at radius 2 is 1.68 bits per heavy atom. The van der Waals surface area contributed by atoms with Crippen LogP contribution in [-0.2, 0) is 0 Å². The fraction of sp³-hybridized carbons (Fsp3) is 0.0769. The number of nitroso groups, excluding NO2 is 1. The molecule has 2 aromatic rings. The number of halogens is 1. The molecule has 0 saturated heterocycles. The first-order valence-corrected chi connectivity index (χ1v) is 5.42. The van der Waals surface area contributed by atoms with Crippen LogP contribution in [-0.4, -0.2) is 7.11 Å². The van der Waals surface area contributed by atoms with E-state index in [9.17, 15) is 4.91 Å². The fourth-order valence-electron chi connectivity index (χ4n) is 1.50. The monoisotopic (exact) mass is 279 g/mol. The molecule has 0 heterocycles. The van der Waals surface area contributed by atoms with Crippen LogP contribution in [0.5, 0.6) is 5.75 Å². The SMILES string of the molecule is COc1cc(NNc2ccccc2)ccc1N=O.Cl. The van der Waals surface area contributed by atoms with Crippen molar-refractivity contribution in [2.45, 2.75) is 0 Å². The second kappa shape index (κ2) is 7.23. The van der Waals surface area contributed by atoms with Crippen LogP contribution in [0.4, 0.5) is 17.1 Å². The molecule has 0 spiro atoms. The minimum Gasteiger partial charge on any atom is -0.494 e. The summed E-state index contributed by atoms with van der Waals surface area (Å²) in [5, 5.41) is 2.88. The number of nitrogens with one attached hydrogen (secondary N) is 2. The fourth-order valence-corrected chi connectivity index (χ4v) is 1.50. The van der Waals surface area contributed by atoms with Gasteiger partial charge in [0.2, 0.25) is 0 Å². The van der Waals surface area contributed by atoms with Crippen molar-refractivity contribution < 1.29 is 4.74 Å². The van der Waals surface area contributed by atoms with Gasteiger partial charge >= 0.3 is 0 Å². The van der Waals surface area contributed by atoms with E-state index in [0.717, 1.165) is 11.4 Å². The quantitative estimate of drug-likeness (QED) is 0.642. The van der Waals surface area contributed by atoms with Crippen LogP contribution in [0, 0.1) is 4.91 Å². The van der Waals surface area contributed by atoms with Gasteiger partial charge < -0.3 is 15.6 Å². The van der Waals surface area contributed by atoms with Gasteiger partial charge in [0.25, 0.3) is 0 Å². The highest BCUT2D eigenvalue weighted by atomic mass is 35.5. The molecule has 0 amide bonds. The zero-order valence-electron chi connectivity index (χ0n) is 10.3. The van der Waals surface area contributed by atoms with E-state index in [1.165, 1.54) is 7.11 Å². The summed E-state index contributed by atoms with van der Waals surface area (Å²) in [5.41, 5.74) is 8.05. The Bertz CT molecular complexity index is 535. The number of hydrogen-bond donors (Lipinski definition) is 2. The highest BCUT2D eigenvalue weighted by Gasteiger charge is 2.04. The molecule has 2 N–H and O–H groups in total. The zero-order valence-corrected chi connectivity index (χ0v) is 11.1. The molecule has 19 heavy (non-hydrogen) atoms. The van der Waals surface area contributed by atoms with Gasteiger partial charge in [-0.25, -0.2) is 0 Å². The van der Waals surface area contributed by atoms with Crippen molar-refractivity contribution in [1.82, 2.24) is 0 Å². The van der Waals surface area contributed by atoms with Crippen LogP contribution < -0.4 is 15.6 Å². The lowest BCUT2D eigenvalue weighted by Crippen LogP contribution is -2.08. The van der Waals surface area contributed by atoms with Gasteiger partial charge in [0.1, 0.15) is 11.4 Å². The highest BCUT2D eigenvalue weighted by molar-refractivity contribution is 5.85. The third-order valence-electron chi connectivity index (χ3n) is 2.40.